The van der Waals surface area contributed by atoms with Crippen molar-refractivity contribution in [1.82, 2.24) is 15.1 Å². The van der Waals surface area contributed by atoms with Gasteiger partial charge in [0.15, 0.2) is 0 Å². The van der Waals surface area contributed by atoms with Gasteiger partial charge in [-0.2, -0.15) is 0 Å². The van der Waals surface area contributed by atoms with Crippen molar-refractivity contribution in [3.05, 3.63) is 81.4 Å². The van der Waals surface area contributed by atoms with Gasteiger partial charge in [0.2, 0.25) is 11.8 Å². The highest BCUT2D eigenvalue weighted by atomic mass is 79.9. The zero-order valence-corrected chi connectivity index (χ0v) is 25.0. The van der Waals surface area contributed by atoms with E-state index < -0.39 is 5.54 Å². The molecule has 2 aromatic rings. The molecular weight excluding hydrogens is 570 g/mol. The van der Waals surface area contributed by atoms with Gasteiger partial charge in [-0.1, -0.05) is 46.3 Å². The first-order chi connectivity index (χ1) is 19.1. The van der Waals surface area contributed by atoms with Gasteiger partial charge in [-0.05, 0) is 80.0 Å². The van der Waals surface area contributed by atoms with Gasteiger partial charge >= 0.3 is 0 Å². The number of hydrogen-bond donors (Lipinski definition) is 1. The summed E-state index contributed by atoms with van der Waals surface area (Å²) in [5.41, 5.74) is 5.54. The van der Waals surface area contributed by atoms with Crippen molar-refractivity contribution in [2.24, 2.45) is 5.92 Å². The maximum Gasteiger partial charge on any atom is 0.254 e. The highest BCUT2D eigenvalue weighted by Crippen LogP contribution is 2.39. The first-order valence-electron chi connectivity index (χ1n) is 13.8. The third kappa shape index (κ3) is 5.46. The smallest absolute Gasteiger partial charge is 0.254 e. The summed E-state index contributed by atoms with van der Waals surface area (Å²) in [7, 11) is 1.68. The number of likely N-dealkylation sites (tertiary alicyclic amines) is 1. The summed E-state index contributed by atoms with van der Waals surface area (Å²) in [6.45, 7) is 9.57. The van der Waals surface area contributed by atoms with Gasteiger partial charge in [0.1, 0.15) is 5.75 Å². The first kappa shape index (κ1) is 28.1. The van der Waals surface area contributed by atoms with Gasteiger partial charge in [0, 0.05) is 48.2 Å². The van der Waals surface area contributed by atoms with E-state index in [0.717, 1.165) is 57.3 Å². The molecule has 3 amide bonds. The Labute approximate surface area is 244 Å². The van der Waals surface area contributed by atoms with Crippen molar-refractivity contribution in [3.8, 4) is 5.75 Å². The molecular formula is C32H36BrN3O4. The van der Waals surface area contributed by atoms with Crippen molar-refractivity contribution in [2.45, 2.75) is 51.6 Å². The fourth-order valence-electron chi connectivity index (χ4n) is 6.37. The number of benzene rings is 2. The highest BCUT2D eigenvalue weighted by molar-refractivity contribution is 9.10. The molecule has 0 bridgehead atoms. The monoisotopic (exact) mass is 605 g/mol. The lowest BCUT2D eigenvalue weighted by atomic mass is 9.87. The van der Waals surface area contributed by atoms with E-state index in [0.29, 0.717) is 38.2 Å². The van der Waals surface area contributed by atoms with Crippen LogP contribution in [-0.2, 0) is 33.8 Å². The minimum atomic E-state index is -0.452. The summed E-state index contributed by atoms with van der Waals surface area (Å²) >= 11 is 3.61. The van der Waals surface area contributed by atoms with E-state index in [1.54, 1.807) is 12.0 Å². The van der Waals surface area contributed by atoms with E-state index >= 15 is 0 Å². The Bertz CT molecular complexity index is 1410. The third-order valence-corrected chi connectivity index (χ3v) is 8.99. The van der Waals surface area contributed by atoms with Gasteiger partial charge in [0.25, 0.3) is 5.91 Å². The lowest BCUT2D eigenvalue weighted by molar-refractivity contribution is -0.137. The van der Waals surface area contributed by atoms with Crippen LogP contribution < -0.4 is 10.1 Å². The number of methoxy groups -OCH3 is 1. The summed E-state index contributed by atoms with van der Waals surface area (Å²) in [5.74, 6) is 0.613. The van der Waals surface area contributed by atoms with Gasteiger partial charge in [-0.3, -0.25) is 14.4 Å². The van der Waals surface area contributed by atoms with Crippen LogP contribution in [-0.4, -0.2) is 59.8 Å². The van der Waals surface area contributed by atoms with E-state index in [9.17, 15) is 14.4 Å². The molecule has 210 valence electrons. The summed E-state index contributed by atoms with van der Waals surface area (Å²) in [5, 5.41) is 3.15. The molecule has 0 aromatic heterocycles. The molecule has 3 aliphatic rings. The number of fused-ring (bicyclic) bond motifs is 2. The number of halogens is 1. The third-order valence-electron chi connectivity index (χ3n) is 8.49. The second kappa shape index (κ2) is 11.2. The van der Waals surface area contributed by atoms with Gasteiger partial charge in [-0.15, -0.1) is 0 Å². The van der Waals surface area contributed by atoms with Crippen LogP contribution in [0.25, 0.3) is 5.57 Å². The molecule has 0 saturated carbocycles. The Balaban J connectivity index is 1.40. The van der Waals surface area contributed by atoms with Crippen LogP contribution in [0.4, 0.5) is 0 Å². The molecule has 2 aromatic carbocycles. The van der Waals surface area contributed by atoms with Crippen LogP contribution in [0.15, 0.2) is 59.1 Å². The van der Waals surface area contributed by atoms with Crippen molar-refractivity contribution < 1.29 is 19.1 Å². The average molecular weight is 607 g/mol. The number of allylic oxidation sites excluding steroid dienone is 1. The number of nitrogens with zero attached hydrogens (tertiary/aromatic N) is 2. The zero-order valence-electron chi connectivity index (χ0n) is 23.4. The van der Waals surface area contributed by atoms with E-state index in [-0.39, 0.29) is 23.6 Å². The standard InChI is InChI=1S/C32H36BrN3O4/c1-5-29(38)36-18-32(3,19-36)34-28(37)15-22-10-9-21-11-12-24(33)16-26(21)30(20(22)2)31(39)35-14-13-25-23(17-35)7-6-8-27(25)40-4/h5-8,11-12,16,22H,1,9-10,13-15,17-19H2,2-4H3,(H,34,37). The van der Waals surface area contributed by atoms with E-state index in [1.807, 2.05) is 43.0 Å². The predicted octanol–water partition coefficient (Wildman–Crippen LogP) is 4.67. The van der Waals surface area contributed by atoms with Crippen molar-refractivity contribution >= 4 is 39.2 Å². The molecule has 1 fully saturated rings. The Morgan fingerprint density at radius 1 is 1.15 bits per heavy atom. The SMILES string of the molecule is C=CC(=O)N1CC(C)(NC(=O)CC2CCc3ccc(Br)cc3C(C(=O)N3CCc4c(cccc4OC)C3)=C2C)C1. The lowest BCUT2D eigenvalue weighted by Crippen LogP contribution is -2.69. The molecule has 5 rings (SSSR count). The Morgan fingerprint density at radius 2 is 1.93 bits per heavy atom. The zero-order chi connectivity index (χ0) is 28.6. The Hall–Kier alpha value is -3.39. The molecule has 40 heavy (non-hydrogen) atoms. The van der Waals surface area contributed by atoms with Crippen molar-refractivity contribution in [2.75, 3.05) is 26.7 Å². The van der Waals surface area contributed by atoms with Crippen molar-refractivity contribution in [1.29, 1.82) is 0 Å². The molecule has 1 aliphatic carbocycles. The molecule has 1 atom stereocenters. The Kier molecular flexibility index (Phi) is 7.91. The molecule has 8 heteroatoms. The number of carbonyl (C=O) groups is 3. The molecule has 1 N–H and O–H groups in total. The maximum absolute atomic E-state index is 14.3. The molecule has 2 aliphatic heterocycles. The quantitative estimate of drug-likeness (QED) is 0.485. The number of rotatable bonds is 6. The van der Waals surface area contributed by atoms with Crippen LogP contribution >= 0.6 is 15.9 Å². The minimum Gasteiger partial charge on any atom is -0.496 e. The molecule has 1 saturated heterocycles. The fourth-order valence-corrected chi connectivity index (χ4v) is 6.73. The number of ether oxygens (including phenoxy) is 1. The van der Waals surface area contributed by atoms with Crippen LogP contribution in [0.3, 0.4) is 0 Å². The van der Waals surface area contributed by atoms with E-state index in [2.05, 4.69) is 40.0 Å². The van der Waals surface area contributed by atoms with E-state index in [1.165, 1.54) is 6.08 Å². The number of nitrogens with one attached hydrogen (secondary N) is 1. The topological polar surface area (TPSA) is 79.0 Å². The number of hydrogen-bond acceptors (Lipinski definition) is 4. The largest absolute Gasteiger partial charge is 0.496 e. The summed E-state index contributed by atoms with van der Waals surface area (Å²) in [6, 6.07) is 12.1. The molecule has 1 unspecified atom stereocenters. The molecule has 7 nitrogen and oxygen atoms in total. The predicted molar refractivity (Wildman–Crippen MR) is 159 cm³/mol. The summed E-state index contributed by atoms with van der Waals surface area (Å²) in [4.78, 5) is 43.0. The minimum absolute atomic E-state index is 0.00200. The van der Waals surface area contributed by atoms with Gasteiger partial charge < -0.3 is 19.9 Å². The normalized spacial score (nSPS) is 19.6. The van der Waals surface area contributed by atoms with Crippen molar-refractivity contribution in [3.63, 3.8) is 0 Å². The summed E-state index contributed by atoms with van der Waals surface area (Å²) in [6.07, 6.45) is 3.89. The van der Waals surface area contributed by atoms with Crippen LogP contribution in [0.2, 0.25) is 0 Å². The molecule has 0 spiro atoms. The lowest BCUT2D eigenvalue weighted by Gasteiger charge is -2.48. The second-order valence-corrected chi connectivity index (χ2v) is 12.3. The summed E-state index contributed by atoms with van der Waals surface area (Å²) < 4.78 is 6.48. The van der Waals surface area contributed by atoms with Gasteiger partial charge in [-0.25, -0.2) is 0 Å². The average Bonchev–Trinajstić information content (AvgIpc) is 3.05. The number of aryl methyl sites for hydroxylation is 1. The number of amides is 3. The van der Waals surface area contributed by atoms with Crippen LogP contribution in [0, 0.1) is 5.92 Å². The van der Waals surface area contributed by atoms with Crippen LogP contribution in [0.5, 0.6) is 5.75 Å². The highest BCUT2D eigenvalue weighted by Gasteiger charge is 2.42. The molecule has 0 radical (unpaired) electrons. The number of carbonyl (C=O) groups excluding carboxylic acids is 3. The van der Waals surface area contributed by atoms with E-state index in [4.69, 9.17) is 4.74 Å². The fraction of sp³-hybridized carbons (Fsp3) is 0.406. The van der Waals surface area contributed by atoms with Gasteiger partial charge in [0.05, 0.1) is 12.6 Å². The second-order valence-electron chi connectivity index (χ2n) is 11.4. The maximum atomic E-state index is 14.3. The Morgan fingerprint density at radius 3 is 2.65 bits per heavy atom. The molecule has 2 heterocycles. The van der Waals surface area contributed by atoms with Crippen LogP contribution in [0.1, 0.15) is 48.9 Å². The first-order valence-corrected chi connectivity index (χ1v) is 14.6.